The van der Waals surface area contributed by atoms with Crippen LogP contribution in [0, 0.1) is 0 Å². The molecular weight excluding hydrogens is 316 g/mol. The Hall–Kier alpha value is -1.71. The van der Waals surface area contributed by atoms with E-state index in [0.29, 0.717) is 18.9 Å². The summed E-state index contributed by atoms with van der Waals surface area (Å²) in [7, 11) is -3.92. The first kappa shape index (κ1) is 15.7. The number of hydrogen-bond acceptors (Lipinski definition) is 7. The monoisotopic (exact) mass is 330 g/mol. The molecule has 1 aliphatic heterocycles. The summed E-state index contributed by atoms with van der Waals surface area (Å²) >= 11 is 1.49. The third-order valence-corrected chi connectivity index (χ3v) is 4.18. The Morgan fingerprint density at radius 1 is 1.48 bits per heavy atom. The summed E-state index contributed by atoms with van der Waals surface area (Å²) in [4.78, 5) is 5.69. The van der Waals surface area contributed by atoms with Crippen LogP contribution < -0.4 is 0 Å². The van der Waals surface area contributed by atoms with Crippen LogP contribution in [-0.2, 0) is 10.1 Å². The molecule has 21 heavy (non-hydrogen) atoms. The summed E-state index contributed by atoms with van der Waals surface area (Å²) in [5.74, 6) is -0.218. The fourth-order valence-corrected chi connectivity index (χ4v) is 2.91. The number of aromatic nitrogens is 1. The molecule has 0 radical (unpaired) electrons. The van der Waals surface area contributed by atoms with Gasteiger partial charge < -0.3 is 14.4 Å². The van der Waals surface area contributed by atoms with Gasteiger partial charge in [-0.3, -0.25) is 4.55 Å². The van der Waals surface area contributed by atoms with Crippen molar-refractivity contribution in [3.63, 3.8) is 0 Å². The lowest BCUT2D eigenvalue weighted by Gasteiger charge is -2.16. The highest BCUT2D eigenvalue weighted by Crippen LogP contribution is 2.29. The summed E-state index contributed by atoms with van der Waals surface area (Å²) in [6.07, 6.45) is 8.52. The van der Waals surface area contributed by atoms with Crippen molar-refractivity contribution in [1.82, 2.24) is 9.88 Å². The van der Waals surface area contributed by atoms with E-state index in [1.807, 2.05) is 22.6 Å². The molecule has 0 aromatic carbocycles. The average Bonchev–Trinajstić information content (AvgIpc) is 2.98. The van der Waals surface area contributed by atoms with Crippen molar-refractivity contribution in [2.45, 2.75) is 6.42 Å². The Labute approximate surface area is 126 Å². The maximum absolute atomic E-state index is 10.7. The summed E-state index contributed by atoms with van der Waals surface area (Å²) in [6, 6.07) is 0. The van der Waals surface area contributed by atoms with Crippen LogP contribution >= 0.6 is 11.8 Å². The lowest BCUT2D eigenvalue weighted by molar-refractivity contribution is 0.329. The molecule has 0 aliphatic carbocycles. The standard InChI is InChI=1S/C12H14N2O5S2/c15-12-9-13-10(19-12)3-1-4-11-14(6-7-20-11)5-2-8-21(16,17)18/h1,3-4,6-7,9,15H,2,5,8H2,(H,16,17,18). The second-order valence-electron chi connectivity index (χ2n) is 4.14. The van der Waals surface area contributed by atoms with Crippen molar-refractivity contribution in [3.05, 3.63) is 40.9 Å². The largest absolute Gasteiger partial charge is 0.480 e. The topological polar surface area (TPSA) is 104 Å². The maximum Gasteiger partial charge on any atom is 0.302 e. The van der Waals surface area contributed by atoms with Gasteiger partial charge in [-0.15, -0.1) is 0 Å². The van der Waals surface area contributed by atoms with Gasteiger partial charge in [-0.25, -0.2) is 4.98 Å². The molecule has 114 valence electrons. The van der Waals surface area contributed by atoms with E-state index in [4.69, 9.17) is 14.1 Å². The minimum absolute atomic E-state index is 0.244. The molecule has 0 atom stereocenters. The molecule has 0 amide bonds. The van der Waals surface area contributed by atoms with Crippen molar-refractivity contribution in [1.29, 1.82) is 0 Å². The van der Waals surface area contributed by atoms with Crippen LogP contribution in [0.1, 0.15) is 12.3 Å². The molecule has 1 aromatic rings. The van der Waals surface area contributed by atoms with Crippen molar-refractivity contribution in [3.8, 4) is 5.95 Å². The molecule has 1 aromatic heterocycles. The first-order chi connectivity index (χ1) is 9.94. The Bertz CT molecular complexity index is 676. The lowest BCUT2D eigenvalue weighted by Crippen LogP contribution is -2.16. The fourth-order valence-electron chi connectivity index (χ4n) is 1.62. The van der Waals surface area contributed by atoms with Crippen LogP contribution in [0.15, 0.2) is 39.4 Å². The average molecular weight is 330 g/mol. The number of oxazole rings is 1. The predicted molar refractivity (Wildman–Crippen MR) is 79.8 cm³/mol. The van der Waals surface area contributed by atoms with Crippen molar-refractivity contribution in [2.24, 2.45) is 0 Å². The van der Waals surface area contributed by atoms with E-state index < -0.39 is 10.1 Å². The molecule has 9 heteroatoms. The SMILES string of the molecule is O=S(=O)(O)CCCN1C=CSC1=CC=Cc1ncc(O)o1. The van der Waals surface area contributed by atoms with Gasteiger partial charge >= 0.3 is 5.95 Å². The van der Waals surface area contributed by atoms with Gasteiger partial charge in [0.2, 0.25) is 5.89 Å². The summed E-state index contributed by atoms with van der Waals surface area (Å²) in [5.41, 5.74) is 0. The second kappa shape index (κ2) is 6.83. The molecular formula is C12H14N2O5S2. The highest BCUT2D eigenvalue weighted by Gasteiger charge is 2.13. The molecule has 2 rings (SSSR count). The van der Waals surface area contributed by atoms with Gasteiger partial charge in [-0.1, -0.05) is 17.8 Å². The summed E-state index contributed by atoms with van der Waals surface area (Å²) in [5, 5.41) is 11.8. The maximum atomic E-state index is 10.7. The van der Waals surface area contributed by atoms with Gasteiger partial charge in [0.25, 0.3) is 10.1 Å². The number of hydrogen-bond donors (Lipinski definition) is 2. The van der Waals surface area contributed by atoms with Gasteiger partial charge in [0.05, 0.1) is 10.8 Å². The van der Waals surface area contributed by atoms with Gasteiger partial charge in [0.15, 0.2) is 0 Å². The third kappa shape index (κ3) is 5.29. The van der Waals surface area contributed by atoms with Crippen LogP contribution in [0.2, 0.25) is 0 Å². The minimum Gasteiger partial charge on any atom is -0.480 e. The molecule has 1 aliphatic rings. The summed E-state index contributed by atoms with van der Waals surface area (Å²) < 4.78 is 34.9. The number of rotatable bonds is 6. The zero-order chi connectivity index (χ0) is 15.3. The normalized spacial score (nSPS) is 17.4. The molecule has 0 unspecified atom stereocenters. The van der Waals surface area contributed by atoms with Gasteiger partial charge in [-0.2, -0.15) is 8.42 Å². The highest BCUT2D eigenvalue weighted by atomic mass is 32.2. The quantitative estimate of drug-likeness (QED) is 0.764. The molecule has 2 N–H and O–H groups in total. The first-order valence-electron chi connectivity index (χ1n) is 6.02. The van der Waals surface area contributed by atoms with Gasteiger partial charge in [0.1, 0.15) is 6.20 Å². The molecule has 0 fully saturated rings. The zero-order valence-electron chi connectivity index (χ0n) is 10.9. The predicted octanol–water partition coefficient (Wildman–Crippen LogP) is 2.03. The Kier molecular flexibility index (Phi) is 5.10. The first-order valence-corrected chi connectivity index (χ1v) is 8.51. The Morgan fingerprint density at radius 3 is 2.95 bits per heavy atom. The van der Waals surface area contributed by atoms with E-state index in [-0.39, 0.29) is 11.7 Å². The highest BCUT2D eigenvalue weighted by molar-refractivity contribution is 8.06. The van der Waals surface area contributed by atoms with E-state index in [0.717, 1.165) is 5.03 Å². The molecule has 0 spiro atoms. The van der Waals surface area contributed by atoms with E-state index in [2.05, 4.69) is 4.98 Å². The fraction of sp³-hybridized carbons (Fsp3) is 0.250. The third-order valence-electron chi connectivity index (χ3n) is 2.50. The molecule has 0 saturated carbocycles. The van der Waals surface area contributed by atoms with E-state index >= 15 is 0 Å². The lowest BCUT2D eigenvalue weighted by atomic mass is 10.4. The molecule has 0 saturated heterocycles. The van der Waals surface area contributed by atoms with Crippen LogP contribution in [-0.4, -0.2) is 40.3 Å². The van der Waals surface area contributed by atoms with Gasteiger partial charge in [0, 0.05) is 18.8 Å². The Morgan fingerprint density at radius 2 is 2.29 bits per heavy atom. The number of nitrogens with zero attached hydrogens (tertiary/aromatic N) is 2. The van der Waals surface area contributed by atoms with Crippen molar-refractivity contribution < 1.29 is 22.5 Å². The molecule has 7 nitrogen and oxygen atoms in total. The number of aromatic hydroxyl groups is 1. The van der Waals surface area contributed by atoms with Crippen molar-refractivity contribution >= 4 is 28.0 Å². The van der Waals surface area contributed by atoms with Crippen LogP contribution in [0.4, 0.5) is 0 Å². The van der Waals surface area contributed by atoms with E-state index in [1.54, 1.807) is 12.2 Å². The summed E-state index contributed by atoms with van der Waals surface area (Å²) in [6.45, 7) is 0.489. The van der Waals surface area contributed by atoms with Crippen LogP contribution in [0.3, 0.4) is 0 Å². The number of thioether (sulfide) groups is 1. The Balaban J connectivity index is 1.89. The van der Waals surface area contributed by atoms with E-state index in [1.165, 1.54) is 18.0 Å². The van der Waals surface area contributed by atoms with Crippen LogP contribution in [0.25, 0.3) is 6.08 Å². The second-order valence-corrected chi connectivity index (χ2v) is 6.63. The van der Waals surface area contributed by atoms with E-state index in [9.17, 15) is 8.42 Å². The van der Waals surface area contributed by atoms with Crippen molar-refractivity contribution in [2.75, 3.05) is 12.3 Å². The molecule has 0 bridgehead atoms. The smallest absolute Gasteiger partial charge is 0.302 e. The zero-order valence-corrected chi connectivity index (χ0v) is 12.5. The number of allylic oxidation sites excluding steroid dienone is 2. The van der Waals surface area contributed by atoms with Crippen LogP contribution in [0.5, 0.6) is 5.95 Å². The minimum atomic E-state index is -3.92. The molecule has 2 heterocycles. The van der Waals surface area contributed by atoms with Gasteiger partial charge in [-0.05, 0) is 17.9 Å².